The molecule has 1 aliphatic heterocycles. The summed E-state index contributed by atoms with van der Waals surface area (Å²) in [5, 5.41) is 22.2. The third-order valence-corrected chi connectivity index (χ3v) is 6.23. The second kappa shape index (κ2) is 12.6. The second-order valence-electron chi connectivity index (χ2n) is 7.38. The maximum atomic E-state index is 13.2. The van der Waals surface area contributed by atoms with E-state index in [1.807, 2.05) is 30.3 Å². The van der Waals surface area contributed by atoms with E-state index in [2.05, 4.69) is 5.32 Å². The Labute approximate surface area is 181 Å². The molecule has 0 bridgehead atoms. The van der Waals surface area contributed by atoms with Gasteiger partial charge in [0.15, 0.2) is 0 Å². The molecule has 166 valence electrons. The zero-order valence-corrected chi connectivity index (χ0v) is 17.9. The number of nitrogens with one attached hydrogen (secondary N) is 1. The predicted molar refractivity (Wildman–Crippen MR) is 116 cm³/mol. The smallest absolute Gasteiger partial charge is 0.327 e. The molecule has 2 rings (SSSR count). The van der Waals surface area contributed by atoms with Crippen LogP contribution in [-0.2, 0) is 20.8 Å². The molecular formula is C21H31N3O5S. The molecule has 1 aliphatic rings. The van der Waals surface area contributed by atoms with Gasteiger partial charge in [-0.3, -0.25) is 14.9 Å². The summed E-state index contributed by atoms with van der Waals surface area (Å²) in [6.07, 6.45) is 2.68. The number of carbonyl (C=O) groups excluding carboxylic acids is 1. The highest BCUT2D eigenvalue weighted by atomic mass is 32.2. The maximum absolute atomic E-state index is 13.2. The largest absolute Gasteiger partial charge is 0.480 e. The van der Waals surface area contributed by atoms with Crippen LogP contribution in [-0.4, -0.2) is 75.7 Å². The molecule has 1 heterocycles. The minimum Gasteiger partial charge on any atom is -0.480 e. The number of nitrogens with two attached hydrogens (primary N) is 1. The summed E-state index contributed by atoms with van der Waals surface area (Å²) < 4.78 is 0. The fraction of sp³-hybridized carbons (Fsp3) is 0.571. The summed E-state index contributed by atoms with van der Waals surface area (Å²) in [6.45, 7) is 0.826. The highest BCUT2D eigenvalue weighted by Gasteiger charge is 2.36. The predicted octanol–water partition coefficient (Wildman–Crippen LogP) is 1.19. The van der Waals surface area contributed by atoms with E-state index in [1.165, 1.54) is 16.7 Å². The standard InChI is InChI=1S/C21H31N3O5S/c22-11-5-4-8-16(19(25)24-12-13-30-14-18(24)21(28)29)23-17(20(26)27)10-9-15-6-2-1-3-7-15/h1-3,6-7,16-18,23H,4-5,8-14,22H2,(H,26,27)(H,28,29). The molecule has 3 unspecified atom stereocenters. The molecule has 0 radical (unpaired) electrons. The van der Waals surface area contributed by atoms with Gasteiger partial charge in [0, 0.05) is 18.1 Å². The van der Waals surface area contributed by atoms with E-state index in [-0.39, 0.29) is 5.91 Å². The molecule has 3 atom stereocenters. The average Bonchev–Trinajstić information content (AvgIpc) is 2.75. The van der Waals surface area contributed by atoms with Crippen molar-refractivity contribution in [2.24, 2.45) is 5.73 Å². The first-order valence-electron chi connectivity index (χ1n) is 10.3. The summed E-state index contributed by atoms with van der Waals surface area (Å²) in [7, 11) is 0. The third-order valence-electron chi connectivity index (χ3n) is 5.21. The molecule has 1 aromatic carbocycles. The SMILES string of the molecule is NCCCCC(NC(CCc1ccccc1)C(=O)O)C(=O)N1CCSCC1C(=O)O. The van der Waals surface area contributed by atoms with E-state index in [4.69, 9.17) is 5.73 Å². The Bertz CT molecular complexity index is 703. The lowest BCUT2D eigenvalue weighted by Crippen LogP contribution is -2.58. The van der Waals surface area contributed by atoms with E-state index in [1.54, 1.807) is 0 Å². The van der Waals surface area contributed by atoms with Crippen LogP contribution in [0.15, 0.2) is 30.3 Å². The van der Waals surface area contributed by atoms with Gasteiger partial charge in [-0.1, -0.05) is 36.8 Å². The van der Waals surface area contributed by atoms with E-state index >= 15 is 0 Å². The number of thioether (sulfide) groups is 1. The van der Waals surface area contributed by atoms with E-state index in [0.717, 1.165) is 5.56 Å². The van der Waals surface area contributed by atoms with Gasteiger partial charge in [0.2, 0.25) is 5.91 Å². The van der Waals surface area contributed by atoms with Crippen molar-refractivity contribution in [3.8, 4) is 0 Å². The Kier molecular flexibility index (Phi) is 10.1. The zero-order chi connectivity index (χ0) is 21.9. The number of rotatable bonds is 12. The van der Waals surface area contributed by atoms with Crippen LogP contribution in [0.3, 0.4) is 0 Å². The molecule has 0 spiro atoms. The van der Waals surface area contributed by atoms with Crippen LogP contribution >= 0.6 is 11.8 Å². The number of carboxylic acid groups (broad SMARTS) is 2. The number of amides is 1. The second-order valence-corrected chi connectivity index (χ2v) is 8.53. The number of aryl methyl sites for hydroxylation is 1. The van der Waals surface area contributed by atoms with Crippen molar-refractivity contribution in [1.29, 1.82) is 0 Å². The number of hydrogen-bond acceptors (Lipinski definition) is 6. The van der Waals surface area contributed by atoms with Crippen LogP contribution in [0, 0.1) is 0 Å². The van der Waals surface area contributed by atoms with Crippen LogP contribution in [0.25, 0.3) is 0 Å². The monoisotopic (exact) mass is 437 g/mol. The van der Waals surface area contributed by atoms with Gasteiger partial charge in [-0.05, 0) is 37.8 Å². The molecule has 0 aliphatic carbocycles. The van der Waals surface area contributed by atoms with Crippen molar-refractivity contribution in [2.75, 3.05) is 24.6 Å². The molecular weight excluding hydrogens is 406 g/mol. The number of nitrogens with zero attached hydrogens (tertiary/aromatic N) is 1. The lowest BCUT2D eigenvalue weighted by Gasteiger charge is -2.36. The Hall–Kier alpha value is -2.10. The molecule has 8 nitrogen and oxygen atoms in total. The fourth-order valence-corrected chi connectivity index (χ4v) is 4.56. The number of carbonyl (C=O) groups is 3. The quantitative estimate of drug-likeness (QED) is 0.358. The van der Waals surface area contributed by atoms with Crippen LogP contribution in [0.4, 0.5) is 0 Å². The van der Waals surface area contributed by atoms with Crippen molar-refractivity contribution < 1.29 is 24.6 Å². The van der Waals surface area contributed by atoms with Gasteiger partial charge < -0.3 is 20.8 Å². The maximum Gasteiger partial charge on any atom is 0.327 e. The molecule has 1 amide bonds. The van der Waals surface area contributed by atoms with Gasteiger partial charge in [-0.25, -0.2) is 4.79 Å². The first-order valence-corrected chi connectivity index (χ1v) is 11.4. The topological polar surface area (TPSA) is 133 Å². The minimum atomic E-state index is -1.03. The van der Waals surface area contributed by atoms with Crippen molar-refractivity contribution >= 4 is 29.6 Å². The Balaban J connectivity index is 2.11. The number of carboxylic acids is 2. The lowest BCUT2D eigenvalue weighted by molar-refractivity contribution is -0.151. The number of hydrogen-bond donors (Lipinski definition) is 4. The van der Waals surface area contributed by atoms with Crippen molar-refractivity contribution in [1.82, 2.24) is 10.2 Å². The Morgan fingerprint density at radius 2 is 1.87 bits per heavy atom. The van der Waals surface area contributed by atoms with E-state index in [0.29, 0.717) is 56.7 Å². The Morgan fingerprint density at radius 1 is 1.13 bits per heavy atom. The van der Waals surface area contributed by atoms with Crippen molar-refractivity contribution in [2.45, 2.75) is 50.2 Å². The highest BCUT2D eigenvalue weighted by molar-refractivity contribution is 7.99. The number of aliphatic carboxylic acids is 2. The van der Waals surface area contributed by atoms with Crippen LogP contribution in [0.5, 0.6) is 0 Å². The van der Waals surface area contributed by atoms with Crippen LogP contribution in [0.2, 0.25) is 0 Å². The first kappa shape index (κ1) is 24.2. The van der Waals surface area contributed by atoms with Crippen LogP contribution in [0.1, 0.15) is 31.2 Å². The van der Waals surface area contributed by atoms with Gasteiger partial charge >= 0.3 is 11.9 Å². The summed E-state index contributed by atoms with van der Waals surface area (Å²) in [5.41, 5.74) is 6.59. The summed E-state index contributed by atoms with van der Waals surface area (Å²) in [5.74, 6) is -1.39. The van der Waals surface area contributed by atoms with Gasteiger partial charge in [0.1, 0.15) is 12.1 Å². The zero-order valence-electron chi connectivity index (χ0n) is 17.0. The summed E-state index contributed by atoms with van der Waals surface area (Å²) in [6, 6.07) is 7.03. The molecule has 1 aromatic rings. The molecule has 5 N–H and O–H groups in total. The molecule has 0 saturated carbocycles. The van der Waals surface area contributed by atoms with E-state index in [9.17, 15) is 24.6 Å². The molecule has 0 aromatic heterocycles. The van der Waals surface area contributed by atoms with Crippen molar-refractivity contribution in [3.05, 3.63) is 35.9 Å². The van der Waals surface area contributed by atoms with Gasteiger partial charge in [0.25, 0.3) is 0 Å². The van der Waals surface area contributed by atoms with E-state index < -0.39 is 30.1 Å². The third kappa shape index (κ3) is 7.30. The minimum absolute atomic E-state index is 0.332. The fourth-order valence-electron chi connectivity index (χ4n) is 3.52. The molecule has 9 heteroatoms. The first-order chi connectivity index (χ1) is 14.4. The summed E-state index contributed by atoms with van der Waals surface area (Å²) in [4.78, 5) is 38.0. The number of unbranched alkanes of at least 4 members (excludes halogenated alkanes) is 1. The van der Waals surface area contributed by atoms with Gasteiger partial charge in [0.05, 0.1) is 6.04 Å². The number of benzene rings is 1. The molecule has 1 fully saturated rings. The Morgan fingerprint density at radius 3 is 2.50 bits per heavy atom. The van der Waals surface area contributed by atoms with Crippen LogP contribution < -0.4 is 11.1 Å². The average molecular weight is 438 g/mol. The molecule has 30 heavy (non-hydrogen) atoms. The summed E-state index contributed by atoms with van der Waals surface area (Å²) >= 11 is 1.50. The highest BCUT2D eigenvalue weighted by Crippen LogP contribution is 2.19. The van der Waals surface area contributed by atoms with Gasteiger partial charge in [-0.2, -0.15) is 11.8 Å². The van der Waals surface area contributed by atoms with Gasteiger partial charge in [-0.15, -0.1) is 0 Å². The lowest BCUT2D eigenvalue weighted by atomic mass is 10.0. The molecule has 1 saturated heterocycles. The van der Waals surface area contributed by atoms with Crippen molar-refractivity contribution in [3.63, 3.8) is 0 Å². The normalized spacial score (nSPS) is 18.6.